The van der Waals surface area contributed by atoms with Gasteiger partial charge in [-0.2, -0.15) is 0 Å². The first-order valence-corrected chi connectivity index (χ1v) is 7.24. The maximum Gasteiger partial charge on any atom is 0.110 e. The number of aromatic nitrogens is 2. The second-order valence-corrected chi connectivity index (χ2v) is 5.71. The van der Waals surface area contributed by atoms with Gasteiger partial charge in [0.05, 0.1) is 0 Å². The van der Waals surface area contributed by atoms with Crippen LogP contribution in [-0.4, -0.2) is 33.9 Å². The molecule has 18 heavy (non-hydrogen) atoms. The van der Waals surface area contributed by atoms with Crippen LogP contribution in [0.2, 0.25) is 0 Å². The molecule has 2 atom stereocenters. The summed E-state index contributed by atoms with van der Waals surface area (Å²) >= 11 is 0. The number of imidazole rings is 1. The Kier molecular flexibility index (Phi) is 3.66. The van der Waals surface area contributed by atoms with Crippen molar-refractivity contribution in [3.05, 3.63) is 17.7 Å². The molecule has 0 radical (unpaired) electrons. The van der Waals surface area contributed by atoms with E-state index in [4.69, 9.17) is 0 Å². The Balaban J connectivity index is 1.68. The standard InChI is InChI=1S/C14H23N3O/c18-10-11-4-6-17-13(7-11)9-16-14(17)8-12-3-1-2-5-15-12/h9,11-12,15,18H,1-8,10H2. The molecule has 100 valence electrons. The van der Waals surface area contributed by atoms with Gasteiger partial charge in [0.1, 0.15) is 5.82 Å². The largest absolute Gasteiger partial charge is 0.396 e. The summed E-state index contributed by atoms with van der Waals surface area (Å²) in [6, 6.07) is 0.612. The topological polar surface area (TPSA) is 50.1 Å². The molecular weight excluding hydrogens is 226 g/mol. The van der Waals surface area contributed by atoms with Crippen molar-refractivity contribution in [2.24, 2.45) is 5.92 Å². The molecule has 2 unspecified atom stereocenters. The molecule has 0 aromatic carbocycles. The summed E-state index contributed by atoms with van der Waals surface area (Å²) in [7, 11) is 0. The molecule has 4 heteroatoms. The summed E-state index contributed by atoms with van der Waals surface area (Å²) < 4.78 is 2.38. The fourth-order valence-electron chi connectivity index (χ4n) is 3.24. The van der Waals surface area contributed by atoms with Gasteiger partial charge in [0, 0.05) is 37.5 Å². The molecule has 0 bridgehead atoms. The SMILES string of the molecule is OCC1CCn2c(cnc2CC2CCCCN2)C1. The Morgan fingerprint density at radius 2 is 2.33 bits per heavy atom. The molecule has 0 aliphatic carbocycles. The lowest BCUT2D eigenvalue weighted by Gasteiger charge is -2.26. The van der Waals surface area contributed by atoms with Crippen molar-refractivity contribution >= 4 is 0 Å². The van der Waals surface area contributed by atoms with E-state index >= 15 is 0 Å². The number of nitrogens with one attached hydrogen (secondary N) is 1. The number of aliphatic hydroxyl groups is 1. The predicted octanol–water partition coefficient (Wildman–Crippen LogP) is 1.12. The average Bonchev–Trinajstić information content (AvgIpc) is 2.82. The monoisotopic (exact) mass is 249 g/mol. The highest BCUT2D eigenvalue weighted by atomic mass is 16.3. The van der Waals surface area contributed by atoms with Crippen molar-refractivity contribution in [1.82, 2.24) is 14.9 Å². The van der Waals surface area contributed by atoms with Crippen LogP contribution in [0, 0.1) is 5.92 Å². The van der Waals surface area contributed by atoms with Gasteiger partial charge in [0.15, 0.2) is 0 Å². The number of hydrogen-bond donors (Lipinski definition) is 2. The minimum absolute atomic E-state index is 0.310. The van der Waals surface area contributed by atoms with Gasteiger partial charge < -0.3 is 15.0 Å². The van der Waals surface area contributed by atoms with E-state index in [1.807, 2.05) is 6.20 Å². The molecule has 1 fully saturated rings. The summed E-state index contributed by atoms with van der Waals surface area (Å²) in [5.74, 6) is 1.68. The van der Waals surface area contributed by atoms with Crippen molar-refractivity contribution in [2.75, 3.05) is 13.2 Å². The third kappa shape index (κ3) is 2.45. The van der Waals surface area contributed by atoms with Crippen molar-refractivity contribution < 1.29 is 5.11 Å². The molecule has 1 aromatic heterocycles. The van der Waals surface area contributed by atoms with Crippen LogP contribution in [0.1, 0.15) is 37.2 Å². The number of fused-ring (bicyclic) bond motifs is 1. The molecule has 0 saturated carbocycles. The Morgan fingerprint density at radius 3 is 3.11 bits per heavy atom. The smallest absolute Gasteiger partial charge is 0.110 e. The van der Waals surface area contributed by atoms with E-state index in [0.29, 0.717) is 18.6 Å². The average molecular weight is 249 g/mol. The molecule has 1 aromatic rings. The van der Waals surface area contributed by atoms with Gasteiger partial charge in [0.2, 0.25) is 0 Å². The lowest BCUT2D eigenvalue weighted by molar-refractivity contribution is 0.199. The molecule has 3 rings (SSSR count). The molecule has 0 spiro atoms. The number of aliphatic hydroxyl groups excluding tert-OH is 1. The first kappa shape index (κ1) is 12.2. The minimum atomic E-state index is 0.310. The minimum Gasteiger partial charge on any atom is -0.396 e. The van der Waals surface area contributed by atoms with Crippen LogP contribution in [0.5, 0.6) is 0 Å². The second-order valence-electron chi connectivity index (χ2n) is 5.71. The van der Waals surface area contributed by atoms with Crippen LogP contribution in [0.3, 0.4) is 0 Å². The lowest BCUT2D eigenvalue weighted by atomic mass is 9.97. The first-order chi connectivity index (χ1) is 8.86. The summed E-state index contributed by atoms with van der Waals surface area (Å²) in [6.45, 7) is 2.50. The maximum atomic E-state index is 9.24. The third-order valence-electron chi connectivity index (χ3n) is 4.38. The van der Waals surface area contributed by atoms with Crippen LogP contribution in [0.25, 0.3) is 0 Å². The molecule has 2 aliphatic heterocycles. The number of piperidine rings is 1. The van der Waals surface area contributed by atoms with Gasteiger partial charge in [-0.1, -0.05) is 6.42 Å². The molecule has 2 N–H and O–H groups in total. The van der Waals surface area contributed by atoms with E-state index in [9.17, 15) is 5.11 Å². The van der Waals surface area contributed by atoms with Crippen LogP contribution in [-0.2, 0) is 19.4 Å². The number of nitrogens with zero attached hydrogens (tertiary/aromatic N) is 2. The van der Waals surface area contributed by atoms with E-state index in [2.05, 4.69) is 14.9 Å². The van der Waals surface area contributed by atoms with Crippen LogP contribution >= 0.6 is 0 Å². The zero-order chi connectivity index (χ0) is 12.4. The Morgan fingerprint density at radius 1 is 1.39 bits per heavy atom. The first-order valence-electron chi connectivity index (χ1n) is 7.24. The van der Waals surface area contributed by atoms with Crippen LogP contribution < -0.4 is 5.32 Å². The van der Waals surface area contributed by atoms with Crippen molar-refractivity contribution in [3.63, 3.8) is 0 Å². The van der Waals surface area contributed by atoms with E-state index in [1.165, 1.54) is 30.8 Å². The van der Waals surface area contributed by atoms with Crippen molar-refractivity contribution in [1.29, 1.82) is 0 Å². The highest BCUT2D eigenvalue weighted by Crippen LogP contribution is 2.23. The molecule has 3 heterocycles. The highest BCUT2D eigenvalue weighted by Gasteiger charge is 2.22. The van der Waals surface area contributed by atoms with Gasteiger partial charge in [-0.15, -0.1) is 0 Å². The number of rotatable bonds is 3. The van der Waals surface area contributed by atoms with Crippen molar-refractivity contribution in [3.8, 4) is 0 Å². The number of hydrogen-bond acceptors (Lipinski definition) is 3. The summed E-state index contributed by atoms with van der Waals surface area (Å²) in [5, 5.41) is 12.8. The maximum absolute atomic E-state index is 9.24. The summed E-state index contributed by atoms with van der Waals surface area (Å²) in [6.07, 6.45) is 9.09. The Labute approximate surface area is 108 Å². The molecule has 2 aliphatic rings. The predicted molar refractivity (Wildman–Crippen MR) is 70.5 cm³/mol. The van der Waals surface area contributed by atoms with E-state index in [0.717, 1.165) is 32.4 Å². The van der Waals surface area contributed by atoms with Gasteiger partial charge in [-0.3, -0.25) is 0 Å². The molecule has 0 amide bonds. The normalized spacial score (nSPS) is 28.1. The van der Waals surface area contributed by atoms with Gasteiger partial charge in [-0.25, -0.2) is 4.98 Å². The Bertz CT molecular complexity index is 396. The summed E-state index contributed by atoms with van der Waals surface area (Å²) in [5.41, 5.74) is 1.31. The van der Waals surface area contributed by atoms with Gasteiger partial charge in [0.25, 0.3) is 0 Å². The molecule has 4 nitrogen and oxygen atoms in total. The fraction of sp³-hybridized carbons (Fsp3) is 0.786. The van der Waals surface area contributed by atoms with E-state index < -0.39 is 0 Å². The van der Waals surface area contributed by atoms with Gasteiger partial charge >= 0.3 is 0 Å². The van der Waals surface area contributed by atoms with Gasteiger partial charge in [-0.05, 0) is 38.1 Å². The molecular formula is C14H23N3O. The zero-order valence-electron chi connectivity index (χ0n) is 10.9. The lowest BCUT2D eigenvalue weighted by Crippen LogP contribution is -2.36. The van der Waals surface area contributed by atoms with Crippen LogP contribution in [0.4, 0.5) is 0 Å². The second kappa shape index (κ2) is 5.41. The quantitative estimate of drug-likeness (QED) is 0.844. The Hall–Kier alpha value is -0.870. The molecule has 1 saturated heterocycles. The van der Waals surface area contributed by atoms with Crippen molar-refractivity contribution in [2.45, 2.75) is 51.1 Å². The highest BCUT2D eigenvalue weighted by molar-refractivity contribution is 5.10. The third-order valence-corrected chi connectivity index (χ3v) is 4.38. The van der Waals surface area contributed by atoms with E-state index in [1.54, 1.807) is 0 Å². The fourth-order valence-corrected chi connectivity index (χ4v) is 3.24. The van der Waals surface area contributed by atoms with E-state index in [-0.39, 0.29) is 0 Å². The summed E-state index contributed by atoms with van der Waals surface area (Å²) in [4.78, 5) is 4.60. The zero-order valence-corrected chi connectivity index (χ0v) is 10.9. The van der Waals surface area contributed by atoms with Crippen LogP contribution in [0.15, 0.2) is 6.20 Å².